The highest BCUT2D eigenvalue weighted by Crippen LogP contribution is 2.31. The number of amides is 2. The second-order valence-electron chi connectivity index (χ2n) is 5.58. The SMILES string of the molecule is COc1ccc(NC(=O)C[C@@H]2Oc3ccc(C)cc3NC2=O)cc1. The molecule has 2 aromatic carbocycles. The van der Waals surface area contributed by atoms with E-state index >= 15 is 0 Å². The number of ether oxygens (including phenoxy) is 2. The highest BCUT2D eigenvalue weighted by atomic mass is 16.5. The number of fused-ring (bicyclic) bond motifs is 1. The van der Waals surface area contributed by atoms with Gasteiger partial charge in [0.25, 0.3) is 5.91 Å². The van der Waals surface area contributed by atoms with Crippen molar-refractivity contribution < 1.29 is 19.1 Å². The zero-order valence-electron chi connectivity index (χ0n) is 13.5. The number of anilines is 2. The molecule has 2 N–H and O–H groups in total. The van der Waals surface area contributed by atoms with Crippen molar-refractivity contribution in [1.82, 2.24) is 0 Å². The Labute approximate surface area is 139 Å². The Kier molecular flexibility index (Phi) is 4.37. The molecule has 0 aromatic heterocycles. The molecular formula is C18H18N2O4. The van der Waals surface area contributed by atoms with Gasteiger partial charge in [-0.05, 0) is 48.9 Å². The van der Waals surface area contributed by atoms with Gasteiger partial charge in [-0.25, -0.2) is 0 Å². The largest absolute Gasteiger partial charge is 0.497 e. The molecule has 3 rings (SSSR count). The number of carbonyl (C=O) groups is 2. The summed E-state index contributed by atoms with van der Waals surface area (Å²) in [4.78, 5) is 24.3. The molecule has 0 unspecified atom stereocenters. The van der Waals surface area contributed by atoms with Crippen LogP contribution in [0, 0.1) is 6.92 Å². The van der Waals surface area contributed by atoms with Gasteiger partial charge in [-0.15, -0.1) is 0 Å². The van der Waals surface area contributed by atoms with E-state index in [4.69, 9.17) is 9.47 Å². The molecule has 2 amide bonds. The number of hydrogen-bond donors (Lipinski definition) is 2. The van der Waals surface area contributed by atoms with E-state index in [2.05, 4.69) is 10.6 Å². The molecule has 0 radical (unpaired) electrons. The number of carbonyl (C=O) groups excluding carboxylic acids is 2. The van der Waals surface area contributed by atoms with Crippen LogP contribution in [-0.2, 0) is 9.59 Å². The first kappa shape index (κ1) is 15.9. The maximum atomic E-state index is 12.1. The first-order valence-corrected chi connectivity index (χ1v) is 7.57. The van der Waals surface area contributed by atoms with Crippen LogP contribution < -0.4 is 20.1 Å². The summed E-state index contributed by atoms with van der Waals surface area (Å²) in [6.45, 7) is 1.93. The third kappa shape index (κ3) is 3.48. The second-order valence-corrected chi connectivity index (χ2v) is 5.58. The van der Waals surface area contributed by atoms with Crippen molar-refractivity contribution in [2.75, 3.05) is 17.7 Å². The molecule has 124 valence electrons. The van der Waals surface area contributed by atoms with Gasteiger partial charge in [0.05, 0.1) is 19.2 Å². The summed E-state index contributed by atoms with van der Waals surface area (Å²) in [5.74, 6) is 0.659. The Morgan fingerprint density at radius 3 is 2.71 bits per heavy atom. The van der Waals surface area contributed by atoms with E-state index in [0.717, 1.165) is 5.56 Å². The summed E-state index contributed by atoms with van der Waals surface area (Å²) in [7, 11) is 1.58. The van der Waals surface area contributed by atoms with Crippen LogP contribution in [0.1, 0.15) is 12.0 Å². The Bertz CT molecular complexity index is 771. The Morgan fingerprint density at radius 1 is 1.25 bits per heavy atom. The number of aryl methyl sites for hydroxylation is 1. The third-order valence-electron chi connectivity index (χ3n) is 3.70. The molecule has 2 aromatic rings. The number of benzene rings is 2. The maximum Gasteiger partial charge on any atom is 0.266 e. The minimum absolute atomic E-state index is 0.0643. The van der Waals surface area contributed by atoms with Crippen LogP contribution in [-0.4, -0.2) is 25.0 Å². The maximum absolute atomic E-state index is 12.1. The number of hydrogen-bond acceptors (Lipinski definition) is 4. The molecule has 1 atom stereocenters. The zero-order chi connectivity index (χ0) is 17.1. The molecular weight excluding hydrogens is 308 g/mol. The number of methoxy groups -OCH3 is 1. The topological polar surface area (TPSA) is 76.7 Å². The van der Waals surface area contributed by atoms with E-state index in [1.165, 1.54) is 0 Å². The fourth-order valence-corrected chi connectivity index (χ4v) is 2.45. The van der Waals surface area contributed by atoms with Crippen molar-refractivity contribution in [3.8, 4) is 11.5 Å². The first-order chi connectivity index (χ1) is 11.5. The van der Waals surface area contributed by atoms with Gasteiger partial charge in [0.2, 0.25) is 5.91 Å². The van der Waals surface area contributed by atoms with E-state index in [1.807, 2.05) is 19.1 Å². The normalized spacial score (nSPS) is 15.8. The van der Waals surface area contributed by atoms with Crippen molar-refractivity contribution in [2.24, 2.45) is 0 Å². The van der Waals surface area contributed by atoms with Gasteiger partial charge in [0, 0.05) is 5.69 Å². The Balaban J connectivity index is 1.63. The van der Waals surface area contributed by atoms with E-state index in [9.17, 15) is 9.59 Å². The summed E-state index contributed by atoms with van der Waals surface area (Å²) in [5, 5.41) is 5.51. The number of nitrogens with one attached hydrogen (secondary N) is 2. The summed E-state index contributed by atoms with van der Waals surface area (Å²) >= 11 is 0. The third-order valence-corrected chi connectivity index (χ3v) is 3.70. The van der Waals surface area contributed by atoms with Crippen LogP contribution in [0.5, 0.6) is 11.5 Å². The Hall–Kier alpha value is -3.02. The lowest BCUT2D eigenvalue weighted by Gasteiger charge is -2.25. The Morgan fingerprint density at radius 2 is 2.00 bits per heavy atom. The molecule has 24 heavy (non-hydrogen) atoms. The fourth-order valence-electron chi connectivity index (χ4n) is 2.45. The average molecular weight is 326 g/mol. The lowest BCUT2D eigenvalue weighted by molar-refractivity contribution is -0.128. The summed E-state index contributed by atoms with van der Waals surface area (Å²) < 4.78 is 10.7. The predicted molar refractivity (Wildman–Crippen MR) is 90.5 cm³/mol. The smallest absolute Gasteiger partial charge is 0.266 e. The lowest BCUT2D eigenvalue weighted by atomic mass is 10.1. The predicted octanol–water partition coefficient (Wildman–Crippen LogP) is 2.73. The molecule has 0 saturated heterocycles. The van der Waals surface area contributed by atoms with Gasteiger partial charge in [-0.2, -0.15) is 0 Å². The standard InChI is InChI=1S/C18H18N2O4/c1-11-3-8-15-14(9-11)20-18(22)16(24-15)10-17(21)19-12-4-6-13(23-2)7-5-12/h3-9,16H,10H2,1-2H3,(H,19,21)(H,20,22)/t16-/m0/s1. The van der Waals surface area contributed by atoms with E-state index < -0.39 is 6.10 Å². The molecule has 0 fully saturated rings. The van der Waals surface area contributed by atoms with Gasteiger partial charge in [0.15, 0.2) is 6.10 Å². The molecule has 6 heteroatoms. The fraction of sp³-hybridized carbons (Fsp3) is 0.222. The van der Waals surface area contributed by atoms with Crippen LogP contribution in [0.3, 0.4) is 0 Å². The molecule has 0 saturated carbocycles. The summed E-state index contributed by atoms with van der Waals surface area (Å²) in [6, 6.07) is 12.5. The van der Waals surface area contributed by atoms with Crippen molar-refractivity contribution >= 4 is 23.2 Å². The lowest BCUT2D eigenvalue weighted by Crippen LogP contribution is -2.39. The molecule has 0 spiro atoms. The number of rotatable bonds is 4. The first-order valence-electron chi connectivity index (χ1n) is 7.57. The van der Waals surface area contributed by atoms with Crippen LogP contribution in [0.2, 0.25) is 0 Å². The van der Waals surface area contributed by atoms with Crippen molar-refractivity contribution in [1.29, 1.82) is 0 Å². The van der Waals surface area contributed by atoms with Crippen LogP contribution in [0.4, 0.5) is 11.4 Å². The van der Waals surface area contributed by atoms with E-state index in [1.54, 1.807) is 37.4 Å². The van der Waals surface area contributed by atoms with Gasteiger partial charge < -0.3 is 20.1 Å². The van der Waals surface area contributed by atoms with Crippen molar-refractivity contribution in [3.05, 3.63) is 48.0 Å². The van der Waals surface area contributed by atoms with Gasteiger partial charge in [0.1, 0.15) is 11.5 Å². The van der Waals surface area contributed by atoms with E-state index in [0.29, 0.717) is 22.9 Å². The van der Waals surface area contributed by atoms with Crippen molar-refractivity contribution in [2.45, 2.75) is 19.4 Å². The quantitative estimate of drug-likeness (QED) is 0.906. The van der Waals surface area contributed by atoms with Crippen LogP contribution >= 0.6 is 0 Å². The zero-order valence-corrected chi connectivity index (χ0v) is 13.5. The minimum atomic E-state index is -0.849. The second kappa shape index (κ2) is 6.62. The van der Waals surface area contributed by atoms with Crippen LogP contribution in [0.25, 0.3) is 0 Å². The molecule has 1 heterocycles. The molecule has 0 aliphatic carbocycles. The van der Waals surface area contributed by atoms with Gasteiger partial charge >= 0.3 is 0 Å². The summed E-state index contributed by atoms with van der Waals surface area (Å²) in [5.41, 5.74) is 2.29. The average Bonchev–Trinajstić information content (AvgIpc) is 2.56. The van der Waals surface area contributed by atoms with Crippen LogP contribution in [0.15, 0.2) is 42.5 Å². The molecule has 0 bridgehead atoms. The van der Waals surface area contributed by atoms with Gasteiger partial charge in [-0.1, -0.05) is 6.07 Å². The molecule has 6 nitrogen and oxygen atoms in total. The molecule has 1 aliphatic heterocycles. The highest BCUT2D eigenvalue weighted by Gasteiger charge is 2.29. The van der Waals surface area contributed by atoms with Gasteiger partial charge in [-0.3, -0.25) is 9.59 Å². The minimum Gasteiger partial charge on any atom is -0.497 e. The summed E-state index contributed by atoms with van der Waals surface area (Å²) in [6.07, 6.45) is -0.913. The molecule has 1 aliphatic rings. The highest BCUT2D eigenvalue weighted by molar-refractivity contribution is 6.02. The monoisotopic (exact) mass is 326 g/mol. The van der Waals surface area contributed by atoms with Crippen molar-refractivity contribution in [3.63, 3.8) is 0 Å². The van der Waals surface area contributed by atoms with E-state index in [-0.39, 0.29) is 18.2 Å².